The topological polar surface area (TPSA) is 12.4 Å². The number of hydrogen-bond acceptors (Lipinski definition) is 2. The minimum Gasteiger partial charge on any atom is -0.219 e. The predicted molar refractivity (Wildman–Crippen MR) is 76.1 cm³/mol. The van der Waals surface area contributed by atoms with Gasteiger partial charge < -0.3 is 0 Å². The molecule has 0 aliphatic heterocycles. The SMILES string of the molecule is Cc1ccc(S/N=C/c2cccc(Cl)c2)cc1. The molecule has 2 aromatic carbocycles. The van der Waals surface area contributed by atoms with E-state index in [2.05, 4.69) is 35.6 Å². The summed E-state index contributed by atoms with van der Waals surface area (Å²) in [5.41, 5.74) is 2.27. The van der Waals surface area contributed by atoms with Crippen LogP contribution in [-0.2, 0) is 0 Å². The summed E-state index contributed by atoms with van der Waals surface area (Å²) in [5, 5.41) is 0.731. The zero-order chi connectivity index (χ0) is 12.1. The van der Waals surface area contributed by atoms with E-state index in [0.29, 0.717) is 0 Å². The van der Waals surface area contributed by atoms with E-state index in [4.69, 9.17) is 11.6 Å². The van der Waals surface area contributed by atoms with Crippen molar-refractivity contribution < 1.29 is 0 Å². The zero-order valence-corrected chi connectivity index (χ0v) is 11.0. The van der Waals surface area contributed by atoms with Crippen molar-refractivity contribution in [2.75, 3.05) is 0 Å². The Hall–Kier alpha value is -1.25. The largest absolute Gasteiger partial charge is 0.219 e. The van der Waals surface area contributed by atoms with Crippen LogP contribution in [0.5, 0.6) is 0 Å². The molecular formula is C14H12ClNS. The Labute approximate surface area is 111 Å². The fourth-order valence-corrected chi connectivity index (χ4v) is 2.09. The number of nitrogens with zero attached hydrogens (tertiary/aromatic N) is 1. The van der Waals surface area contributed by atoms with E-state index in [1.54, 1.807) is 0 Å². The third kappa shape index (κ3) is 3.91. The maximum atomic E-state index is 5.89. The molecule has 0 aromatic heterocycles. The van der Waals surface area contributed by atoms with E-state index in [1.165, 1.54) is 17.5 Å². The van der Waals surface area contributed by atoms with E-state index in [0.717, 1.165) is 15.5 Å². The van der Waals surface area contributed by atoms with Crippen LogP contribution < -0.4 is 0 Å². The Morgan fingerprint density at radius 1 is 1.12 bits per heavy atom. The lowest BCUT2D eigenvalue weighted by Crippen LogP contribution is -1.78. The van der Waals surface area contributed by atoms with Crippen LogP contribution in [0.2, 0.25) is 5.02 Å². The summed E-state index contributed by atoms with van der Waals surface area (Å²) in [7, 11) is 0. The summed E-state index contributed by atoms with van der Waals surface area (Å²) in [6.07, 6.45) is 1.82. The maximum Gasteiger partial charge on any atom is 0.0428 e. The van der Waals surface area contributed by atoms with Gasteiger partial charge in [0.05, 0.1) is 0 Å². The summed E-state index contributed by atoms with van der Waals surface area (Å²) in [5.74, 6) is 0. The van der Waals surface area contributed by atoms with Crippen molar-refractivity contribution in [1.29, 1.82) is 0 Å². The summed E-state index contributed by atoms with van der Waals surface area (Å²) in [4.78, 5) is 1.13. The first-order valence-corrected chi connectivity index (χ1v) is 6.42. The smallest absolute Gasteiger partial charge is 0.0428 e. The van der Waals surface area contributed by atoms with Crippen molar-refractivity contribution in [3.8, 4) is 0 Å². The Bertz CT molecular complexity index is 520. The van der Waals surface area contributed by atoms with E-state index >= 15 is 0 Å². The van der Waals surface area contributed by atoms with Crippen molar-refractivity contribution in [3.63, 3.8) is 0 Å². The van der Waals surface area contributed by atoms with Gasteiger partial charge in [-0.1, -0.05) is 41.4 Å². The Morgan fingerprint density at radius 2 is 1.88 bits per heavy atom. The molecule has 0 amide bonds. The van der Waals surface area contributed by atoms with Crippen LogP contribution >= 0.6 is 23.5 Å². The van der Waals surface area contributed by atoms with Gasteiger partial charge in [0.1, 0.15) is 0 Å². The van der Waals surface area contributed by atoms with Crippen LogP contribution in [0.25, 0.3) is 0 Å². The fourth-order valence-electron chi connectivity index (χ4n) is 1.33. The van der Waals surface area contributed by atoms with Crippen molar-refractivity contribution in [2.24, 2.45) is 4.40 Å². The van der Waals surface area contributed by atoms with Gasteiger partial charge in [-0.15, -0.1) is 0 Å². The molecule has 0 N–H and O–H groups in total. The first-order chi connectivity index (χ1) is 8.24. The molecule has 0 aliphatic carbocycles. The standard InChI is InChI=1S/C14H12ClNS/c1-11-5-7-14(8-6-11)17-16-10-12-3-2-4-13(15)9-12/h2-10H,1H3/b16-10+. The first kappa shape index (κ1) is 12.2. The number of benzene rings is 2. The van der Waals surface area contributed by atoms with Gasteiger partial charge >= 0.3 is 0 Å². The van der Waals surface area contributed by atoms with E-state index in [9.17, 15) is 0 Å². The summed E-state index contributed by atoms with van der Waals surface area (Å²) in [6.45, 7) is 2.07. The average molecular weight is 262 g/mol. The molecule has 1 nitrogen and oxygen atoms in total. The molecule has 86 valence electrons. The molecule has 2 rings (SSSR count). The van der Waals surface area contributed by atoms with Gasteiger partial charge in [0.25, 0.3) is 0 Å². The predicted octanol–water partition coefficient (Wildman–Crippen LogP) is 4.77. The maximum absolute atomic E-state index is 5.89. The van der Waals surface area contributed by atoms with Crippen LogP contribution in [0.1, 0.15) is 11.1 Å². The van der Waals surface area contributed by atoms with Crippen LogP contribution in [0.3, 0.4) is 0 Å². The molecule has 0 atom stereocenters. The Morgan fingerprint density at radius 3 is 2.59 bits per heavy atom. The number of rotatable bonds is 3. The molecule has 0 unspecified atom stereocenters. The van der Waals surface area contributed by atoms with Crippen molar-refractivity contribution in [3.05, 3.63) is 64.7 Å². The molecule has 0 bridgehead atoms. The summed E-state index contributed by atoms with van der Waals surface area (Å²) < 4.78 is 4.32. The highest BCUT2D eigenvalue weighted by Gasteiger charge is 1.92. The molecule has 0 aliphatic rings. The van der Waals surface area contributed by atoms with Gasteiger partial charge in [0.15, 0.2) is 0 Å². The van der Waals surface area contributed by atoms with Gasteiger partial charge in [0.2, 0.25) is 0 Å². The fraction of sp³-hybridized carbons (Fsp3) is 0.0714. The van der Waals surface area contributed by atoms with Gasteiger partial charge in [-0.25, -0.2) is 4.40 Å². The van der Waals surface area contributed by atoms with Crippen molar-refractivity contribution in [2.45, 2.75) is 11.8 Å². The van der Waals surface area contributed by atoms with Gasteiger partial charge in [-0.05, 0) is 36.8 Å². The lowest BCUT2D eigenvalue weighted by atomic mass is 10.2. The van der Waals surface area contributed by atoms with Gasteiger partial charge in [0, 0.05) is 28.1 Å². The highest BCUT2D eigenvalue weighted by Crippen LogP contribution is 2.19. The Kier molecular flexibility index (Phi) is 4.24. The third-order valence-electron chi connectivity index (χ3n) is 2.23. The molecule has 0 heterocycles. The van der Waals surface area contributed by atoms with Crippen LogP contribution in [-0.4, -0.2) is 6.21 Å². The van der Waals surface area contributed by atoms with Crippen molar-refractivity contribution >= 4 is 29.8 Å². The highest BCUT2D eigenvalue weighted by molar-refractivity contribution is 7.98. The van der Waals surface area contributed by atoms with Gasteiger partial charge in [-0.2, -0.15) is 0 Å². The number of halogens is 1. The van der Waals surface area contributed by atoms with E-state index in [-0.39, 0.29) is 0 Å². The molecule has 0 radical (unpaired) electrons. The van der Waals surface area contributed by atoms with E-state index < -0.39 is 0 Å². The van der Waals surface area contributed by atoms with Crippen LogP contribution in [0, 0.1) is 6.92 Å². The second-order valence-electron chi connectivity index (χ2n) is 3.69. The van der Waals surface area contributed by atoms with E-state index in [1.807, 2.05) is 30.5 Å². The minimum absolute atomic E-state index is 0.731. The quantitative estimate of drug-likeness (QED) is 0.572. The lowest BCUT2D eigenvalue weighted by molar-refractivity contribution is 1.38. The Balaban J connectivity index is 2.00. The average Bonchev–Trinajstić information content (AvgIpc) is 2.32. The zero-order valence-electron chi connectivity index (χ0n) is 9.43. The van der Waals surface area contributed by atoms with Gasteiger partial charge in [-0.3, -0.25) is 0 Å². The molecule has 0 saturated carbocycles. The second kappa shape index (κ2) is 5.89. The molecule has 2 aromatic rings. The molecule has 0 spiro atoms. The molecule has 0 fully saturated rings. The monoisotopic (exact) mass is 261 g/mol. The molecule has 17 heavy (non-hydrogen) atoms. The second-order valence-corrected chi connectivity index (χ2v) is 5.00. The summed E-state index contributed by atoms with van der Waals surface area (Å²) in [6, 6.07) is 15.9. The van der Waals surface area contributed by atoms with Crippen molar-refractivity contribution in [1.82, 2.24) is 0 Å². The van der Waals surface area contributed by atoms with Crippen LogP contribution in [0.15, 0.2) is 57.8 Å². The summed E-state index contributed by atoms with van der Waals surface area (Å²) >= 11 is 7.35. The highest BCUT2D eigenvalue weighted by atomic mass is 35.5. The third-order valence-corrected chi connectivity index (χ3v) is 3.16. The number of hydrogen-bond donors (Lipinski definition) is 0. The molecule has 3 heteroatoms. The molecule has 0 saturated heterocycles. The minimum atomic E-state index is 0.731. The molecular weight excluding hydrogens is 250 g/mol. The first-order valence-electron chi connectivity index (χ1n) is 5.27. The lowest BCUT2D eigenvalue weighted by Gasteiger charge is -1.96. The normalized spacial score (nSPS) is 10.9. The number of aryl methyl sites for hydroxylation is 1. The van der Waals surface area contributed by atoms with Crippen LogP contribution in [0.4, 0.5) is 0 Å².